The molecular weight excluding hydrogens is 426 g/mol. The Morgan fingerprint density at radius 3 is 2.68 bits per heavy atom. The van der Waals surface area contributed by atoms with E-state index < -0.39 is 0 Å². The largest absolute Gasteiger partial charge is 0.325 e. The van der Waals surface area contributed by atoms with Gasteiger partial charge in [0.25, 0.3) is 5.56 Å². The molecule has 0 aliphatic carbocycles. The van der Waals surface area contributed by atoms with Gasteiger partial charge in [-0.25, -0.2) is 4.98 Å². The van der Waals surface area contributed by atoms with E-state index in [0.717, 1.165) is 34.0 Å². The minimum atomic E-state index is -0.203. The Morgan fingerprint density at radius 1 is 1.16 bits per heavy atom. The fourth-order valence-corrected chi connectivity index (χ4v) is 5.29. The van der Waals surface area contributed by atoms with E-state index >= 15 is 0 Å². The van der Waals surface area contributed by atoms with Gasteiger partial charge < -0.3 is 5.32 Å². The van der Waals surface area contributed by atoms with Gasteiger partial charge in [-0.3, -0.25) is 14.0 Å². The Labute approximate surface area is 189 Å². The van der Waals surface area contributed by atoms with Gasteiger partial charge in [0.2, 0.25) is 5.91 Å². The van der Waals surface area contributed by atoms with Crippen LogP contribution in [0, 0.1) is 6.92 Å². The second kappa shape index (κ2) is 9.49. The van der Waals surface area contributed by atoms with E-state index in [1.54, 1.807) is 22.2 Å². The van der Waals surface area contributed by atoms with E-state index in [1.807, 2.05) is 73.8 Å². The van der Waals surface area contributed by atoms with Gasteiger partial charge in [-0.2, -0.15) is 0 Å². The first kappa shape index (κ1) is 21.3. The summed E-state index contributed by atoms with van der Waals surface area (Å²) in [6.07, 6.45) is 0.721. The Morgan fingerprint density at radius 2 is 1.90 bits per heavy atom. The number of hydrogen-bond acceptors (Lipinski definition) is 5. The SMILES string of the molecule is CC[C@@H](C(=O)Nc1ccccc1SCc1cc(=O)n2c(C)csc2n1)c1ccccc1. The molecule has 1 amide bonds. The number of nitrogens with one attached hydrogen (secondary N) is 1. The molecule has 5 nitrogen and oxygen atoms in total. The van der Waals surface area contributed by atoms with Gasteiger partial charge in [0.05, 0.1) is 17.3 Å². The van der Waals surface area contributed by atoms with Crippen molar-refractivity contribution < 1.29 is 4.79 Å². The van der Waals surface area contributed by atoms with Crippen LogP contribution in [0.5, 0.6) is 0 Å². The van der Waals surface area contributed by atoms with Crippen LogP contribution in [-0.4, -0.2) is 15.3 Å². The molecule has 0 saturated carbocycles. The first-order chi connectivity index (χ1) is 15.1. The molecule has 2 aromatic heterocycles. The number of thiazole rings is 1. The molecule has 158 valence electrons. The summed E-state index contributed by atoms with van der Waals surface area (Å²) in [5.41, 5.74) is 3.35. The maximum Gasteiger partial charge on any atom is 0.258 e. The Balaban J connectivity index is 1.51. The average Bonchev–Trinajstić information content (AvgIpc) is 3.15. The second-order valence-corrected chi connectivity index (χ2v) is 9.08. The summed E-state index contributed by atoms with van der Waals surface area (Å²) < 4.78 is 1.63. The van der Waals surface area contributed by atoms with Gasteiger partial charge in [0, 0.05) is 27.8 Å². The topological polar surface area (TPSA) is 63.5 Å². The molecule has 4 aromatic rings. The lowest BCUT2D eigenvalue weighted by Crippen LogP contribution is -2.21. The Kier molecular flexibility index (Phi) is 6.53. The van der Waals surface area contributed by atoms with Crippen molar-refractivity contribution in [3.63, 3.8) is 0 Å². The lowest BCUT2D eigenvalue weighted by molar-refractivity contribution is -0.117. The van der Waals surface area contributed by atoms with Crippen molar-refractivity contribution in [1.82, 2.24) is 9.38 Å². The number of fused-ring (bicyclic) bond motifs is 1. The normalized spacial score (nSPS) is 12.1. The molecule has 0 aliphatic rings. The summed E-state index contributed by atoms with van der Waals surface area (Å²) in [4.78, 5) is 31.7. The van der Waals surface area contributed by atoms with Gasteiger partial charge in [-0.1, -0.05) is 49.4 Å². The standard InChI is InChI=1S/C24H23N3O2S2/c1-3-19(17-9-5-4-6-10-17)23(29)26-20-11-7-8-12-21(20)30-15-18-13-22(28)27-16(2)14-31-24(27)25-18/h4-14,19H,3,15H2,1-2H3,(H,26,29)/t19-/m1/s1. The summed E-state index contributed by atoms with van der Waals surface area (Å²) in [7, 11) is 0. The van der Waals surface area contributed by atoms with E-state index in [2.05, 4.69) is 10.3 Å². The number of hydrogen-bond donors (Lipinski definition) is 1. The zero-order chi connectivity index (χ0) is 21.8. The average molecular weight is 450 g/mol. The molecule has 2 heterocycles. The summed E-state index contributed by atoms with van der Waals surface area (Å²) in [5.74, 6) is 0.324. The predicted molar refractivity (Wildman–Crippen MR) is 128 cm³/mol. The monoisotopic (exact) mass is 449 g/mol. The molecular formula is C24H23N3O2S2. The molecule has 4 rings (SSSR count). The summed E-state index contributed by atoms with van der Waals surface area (Å²) in [6, 6.07) is 19.2. The third-order valence-electron chi connectivity index (χ3n) is 5.08. The van der Waals surface area contributed by atoms with Crippen LogP contribution in [0.25, 0.3) is 4.96 Å². The van der Waals surface area contributed by atoms with Crippen LogP contribution in [-0.2, 0) is 10.5 Å². The summed E-state index contributed by atoms with van der Waals surface area (Å²) >= 11 is 3.03. The molecule has 0 aliphatic heterocycles. The van der Waals surface area contributed by atoms with Gasteiger partial charge in [-0.05, 0) is 31.0 Å². The van der Waals surface area contributed by atoms with Gasteiger partial charge in [-0.15, -0.1) is 23.1 Å². The van der Waals surface area contributed by atoms with Crippen LogP contribution in [0.1, 0.15) is 36.2 Å². The Bertz CT molecular complexity index is 1260. The highest BCUT2D eigenvalue weighted by Gasteiger charge is 2.19. The number of benzene rings is 2. The van der Waals surface area contributed by atoms with Gasteiger partial charge >= 0.3 is 0 Å². The molecule has 0 saturated heterocycles. The molecule has 7 heteroatoms. The first-order valence-corrected chi connectivity index (χ1v) is 12.0. The first-order valence-electron chi connectivity index (χ1n) is 10.1. The molecule has 1 N–H and O–H groups in total. The van der Waals surface area contributed by atoms with E-state index in [-0.39, 0.29) is 17.4 Å². The molecule has 0 fully saturated rings. The number of amides is 1. The minimum Gasteiger partial charge on any atom is -0.325 e. The third-order valence-corrected chi connectivity index (χ3v) is 7.13. The van der Waals surface area contributed by atoms with Crippen LogP contribution in [0.4, 0.5) is 5.69 Å². The molecule has 0 bridgehead atoms. The minimum absolute atomic E-state index is 0.0198. The van der Waals surface area contributed by atoms with Crippen molar-refractivity contribution in [2.75, 3.05) is 5.32 Å². The van der Waals surface area contributed by atoms with Crippen molar-refractivity contribution in [3.05, 3.63) is 93.3 Å². The lowest BCUT2D eigenvalue weighted by Gasteiger charge is -2.17. The zero-order valence-electron chi connectivity index (χ0n) is 17.4. The number of rotatable bonds is 7. The number of aryl methyl sites for hydroxylation is 1. The Hall–Kier alpha value is -2.90. The molecule has 0 radical (unpaired) electrons. The number of thioether (sulfide) groups is 1. The van der Waals surface area contributed by atoms with Crippen molar-refractivity contribution in [3.8, 4) is 0 Å². The number of carbonyl (C=O) groups is 1. The number of anilines is 1. The number of carbonyl (C=O) groups excluding carboxylic acids is 1. The fraction of sp³-hybridized carbons (Fsp3) is 0.208. The predicted octanol–water partition coefficient (Wildman–Crippen LogP) is 5.49. The van der Waals surface area contributed by atoms with E-state index in [1.165, 1.54) is 11.3 Å². The quantitative estimate of drug-likeness (QED) is 0.379. The molecule has 1 atom stereocenters. The number of aromatic nitrogens is 2. The number of nitrogens with zero attached hydrogens (tertiary/aromatic N) is 2. The maximum atomic E-state index is 13.0. The highest BCUT2D eigenvalue weighted by atomic mass is 32.2. The highest BCUT2D eigenvalue weighted by molar-refractivity contribution is 7.98. The third kappa shape index (κ3) is 4.73. The number of para-hydroxylation sites is 1. The molecule has 0 unspecified atom stereocenters. The molecule has 2 aromatic carbocycles. The van der Waals surface area contributed by atoms with Crippen molar-refractivity contribution in [2.24, 2.45) is 0 Å². The van der Waals surface area contributed by atoms with Gasteiger partial charge in [0.15, 0.2) is 4.96 Å². The summed E-state index contributed by atoms with van der Waals surface area (Å²) in [6.45, 7) is 3.92. The lowest BCUT2D eigenvalue weighted by atomic mass is 9.95. The highest BCUT2D eigenvalue weighted by Crippen LogP contribution is 2.31. The maximum absolute atomic E-state index is 13.0. The summed E-state index contributed by atoms with van der Waals surface area (Å²) in [5, 5.41) is 5.03. The van der Waals surface area contributed by atoms with Crippen LogP contribution in [0.2, 0.25) is 0 Å². The van der Waals surface area contributed by atoms with Gasteiger partial charge in [0.1, 0.15) is 0 Å². The van der Waals surface area contributed by atoms with Crippen LogP contribution >= 0.6 is 23.1 Å². The van der Waals surface area contributed by atoms with E-state index in [9.17, 15) is 9.59 Å². The van der Waals surface area contributed by atoms with Crippen LogP contribution in [0.3, 0.4) is 0 Å². The second-order valence-electron chi connectivity index (χ2n) is 7.23. The molecule has 0 spiro atoms. The van der Waals surface area contributed by atoms with Crippen LogP contribution in [0.15, 0.2) is 75.7 Å². The van der Waals surface area contributed by atoms with E-state index in [0.29, 0.717) is 10.7 Å². The van der Waals surface area contributed by atoms with Crippen molar-refractivity contribution in [1.29, 1.82) is 0 Å². The van der Waals surface area contributed by atoms with E-state index in [4.69, 9.17) is 0 Å². The smallest absolute Gasteiger partial charge is 0.258 e. The van der Waals surface area contributed by atoms with Crippen molar-refractivity contribution >= 4 is 39.7 Å². The fourth-order valence-electron chi connectivity index (χ4n) is 3.50. The van der Waals surface area contributed by atoms with Crippen LogP contribution < -0.4 is 10.9 Å². The van der Waals surface area contributed by atoms with Crippen molar-refractivity contribution in [2.45, 2.75) is 36.8 Å². The molecule has 31 heavy (non-hydrogen) atoms. The zero-order valence-corrected chi connectivity index (χ0v) is 19.0.